The van der Waals surface area contributed by atoms with Crippen LogP contribution in [0.4, 0.5) is 10.3 Å². The zero-order valence-corrected chi connectivity index (χ0v) is 13.4. The maximum absolute atomic E-state index is 11.8. The fourth-order valence-electron chi connectivity index (χ4n) is 1.54. The van der Waals surface area contributed by atoms with E-state index in [1.54, 1.807) is 24.3 Å². The molecule has 2 aromatic rings. The Morgan fingerprint density at radius 1 is 1.26 bits per heavy atom. The van der Waals surface area contributed by atoms with Crippen molar-refractivity contribution >= 4 is 51.2 Å². The van der Waals surface area contributed by atoms with Crippen LogP contribution in [-0.4, -0.2) is 33.7 Å². The van der Waals surface area contributed by atoms with E-state index in [-0.39, 0.29) is 18.9 Å². The molecule has 0 aliphatic heterocycles. The Hall–Kier alpha value is -2.45. The van der Waals surface area contributed by atoms with Gasteiger partial charge in [0, 0.05) is 17.6 Å². The minimum Gasteiger partial charge on any atom is -0.481 e. The number of hydrogen-bond acceptors (Lipinski definition) is 6. The zero-order chi connectivity index (χ0) is 16.7. The summed E-state index contributed by atoms with van der Waals surface area (Å²) < 4.78 is 0. The molecule has 0 atom stereocenters. The summed E-state index contributed by atoms with van der Waals surface area (Å²) in [6, 6.07) is 7.16. The number of aromatic nitrogens is 2. The molecule has 23 heavy (non-hydrogen) atoms. The van der Waals surface area contributed by atoms with E-state index >= 15 is 0 Å². The van der Waals surface area contributed by atoms with Crippen LogP contribution in [0.25, 0.3) is 6.08 Å². The fourth-order valence-corrected chi connectivity index (χ4v) is 2.42. The Morgan fingerprint density at radius 2 is 2.00 bits per heavy atom. The van der Waals surface area contributed by atoms with Crippen molar-refractivity contribution in [2.45, 2.75) is 6.42 Å². The molecule has 0 bridgehead atoms. The van der Waals surface area contributed by atoms with E-state index in [1.807, 2.05) is 6.07 Å². The lowest BCUT2D eigenvalue weighted by atomic mass is 10.2. The Labute approximate surface area is 141 Å². The average Bonchev–Trinajstić information content (AvgIpc) is 2.93. The first-order valence-corrected chi connectivity index (χ1v) is 7.77. The molecule has 0 aliphatic rings. The number of nitrogens with one attached hydrogen (secondary N) is 2. The van der Waals surface area contributed by atoms with E-state index in [1.165, 1.54) is 6.08 Å². The number of amides is 1. The Balaban J connectivity index is 1.87. The van der Waals surface area contributed by atoms with Gasteiger partial charge < -0.3 is 10.4 Å². The number of carbonyl (C=O) groups excluding carboxylic acids is 1. The van der Waals surface area contributed by atoms with Gasteiger partial charge in [0.1, 0.15) is 0 Å². The summed E-state index contributed by atoms with van der Waals surface area (Å²) >= 11 is 7.11. The van der Waals surface area contributed by atoms with E-state index in [0.717, 1.165) is 16.9 Å². The lowest BCUT2D eigenvalue weighted by Crippen LogP contribution is -2.07. The third kappa shape index (κ3) is 5.68. The van der Waals surface area contributed by atoms with Crippen LogP contribution in [0.3, 0.4) is 0 Å². The van der Waals surface area contributed by atoms with Crippen molar-refractivity contribution in [2.75, 3.05) is 17.2 Å². The highest BCUT2D eigenvalue weighted by atomic mass is 35.5. The Bertz CT molecular complexity index is 732. The van der Waals surface area contributed by atoms with Gasteiger partial charge >= 0.3 is 5.97 Å². The largest absolute Gasteiger partial charge is 0.481 e. The maximum Gasteiger partial charge on any atom is 0.305 e. The first-order chi connectivity index (χ1) is 11.0. The van der Waals surface area contributed by atoms with Crippen molar-refractivity contribution in [3.05, 3.63) is 40.9 Å². The molecule has 1 amide bonds. The summed E-state index contributed by atoms with van der Waals surface area (Å²) in [7, 11) is 0. The van der Waals surface area contributed by atoms with Gasteiger partial charge in [-0.05, 0) is 17.7 Å². The van der Waals surface area contributed by atoms with E-state index in [4.69, 9.17) is 16.7 Å². The van der Waals surface area contributed by atoms with Gasteiger partial charge in [-0.25, -0.2) is 0 Å². The number of halogens is 1. The average molecular weight is 353 g/mol. The van der Waals surface area contributed by atoms with Gasteiger partial charge in [0.2, 0.25) is 16.2 Å². The lowest BCUT2D eigenvalue weighted by Gasteiger charge is -1.98. The molecule has 0 aliphatic carbocycles. The van der Waals surface area contributed by atoms with E-state index < -0.39 is 5.97 Å². The second-order valence-corrected chi connectivity index (χ2v) is 5.71. The summed E-state index contributed by atoms with van der Waals surface area (Å²) in [4.78, 5) is 22.2. The first kappa shape index (κ1) is 16.9. The highest BCUT2D eigenvalue weighted by Gasteiger charge is 2.06. The molecule has 0 radical (unpaired) electrons. The quantitative estimate of drug-likeness (QED) is 0.662. The van der Waals surface area contributed by atoms with Crippen molar-refractivity contribution in [2.24, 2.45) is 0 Å². The Kier molecular flexibility index (Phi) is 6.07. The number of hydrogen-bond donors (Lipinski definition) is 3. The number of nitrogens with zero attached hydrogens (tertiary/aromatic N) is 2. The molecular weight excluding hydrogens is 340 g/mol. The van der Waals surface area contributed by atoms with Gasteiger partial charge in [0.05, 0.1) is 6.42 Å². The number of carbonyl (C=O) groups is 2. The molecule has 0 fully saturated rings. The summed E-state index contributed by atoms with van der Waals surface area (Å²) in [6.07, 6.45) is 2.92. The number of carboxylic acids is 1. The van der Waals surface area contributed by atoms with Crippen LogP contribution < -0.4 is 10.6 Å². The monoisotopic (exact) mass is 352 g/mol. The molecule has 1 heterocycles. The highest BCUT2D eigenvalue weighted by Crippen LogP contribution is 2.20. The number of aliphatic carboxylic acids is 1. The van der Waals surface area contributed by atoms with E-state index in [0.29, 0.717) is 15.3 Å². The SMILES string of the molecule is O=C(O)CCNc1nnc(NC(=O)/C=C/c2ccccc2Cl)s1. The second kappa shape index (κ2) is 8.25. The molecule has 0 saturated carbocycles. The van der Waals surface area contributed by atoms with Gasteiger partial charge in [-0.1, -0.05) is 41.1 Å². The molecule has 0 saturated heterocycles. The topological polar surface area (TPSA) is 104 Å². The minimum absolute atomic E-state index is 0.0259. The summed E-state index contributed by atoms with van der Waals surface area (Å²) in [5.74, 6) is -1.27. The van der Waals surface area contributed by atoms with Crippen molar-refractivity contribution in [3.63, 3.8) is 0 Å². The van der Waals surface area contributed by atoms with Crippen molar-refractivity contribution in [3.8, 4) is 0 Å². The van der Waals surface area contributed by atoms with Crippen molar-refractivity contribution in [1.29, 1.82) is 0 Å². The number of anilines is 2. The third-order valence-corrected chi connectivity index (χ3v) is 3.73. The molecular formula is C14H13ClN4O3S. The van der Waals surface area contributed by atoms with Gasteiger partial charge in [-0.15, -0.1) is 10.2 Å². The van der Waals surface area contributed by atoms with Crippen LogP contribution in [0.5, 0.6) is 0 Å². The smallest absolute Gasteiger partial charge is 0.305 e. The van der Waals surface area contributed by atoms with E-state index in [2.05, 4.69) is 20.8 Å². The standard InChI is InChI=1S/C14H13ClN4O3S/c15-10-4-2-1-3-9(10)5-6-11(20)17-14-19-18-13(23-14)16-8-7-12(21)22/h1-6H,7-8H2,(H,16,18)(H,21,22)(H,17,19,20)/b6-5+. The predicted molar refractivity (Wildman–Crippen MR) is 89.8 cm³/mol. The van der Waals surface area contributed by atoms with E-state index in [9.17, 15) is 9.59 Å². The van der Waals surface area contributed by atoms with Gasteiger partial charge in [-0.2, -0.15) is 0 Å². The van der Waals surface area contributed by atoms with Crippen LogP contribution in [0.15, 0.2) is 30.3 Å². The lowest BCUT2D eigenvalue weighted by molar-refractivity contribution is -0.136. The minimum atomic E-state index is -0.903. The fraction of sp³-hybridized carbons (Fsp3) is 0.143. The second-order valence-electron chi connectivity index (χ2n) is 4.33. The Morgan fingerprint density at radius 3 is 2.74 bits per heavy atom. The molecule has 2 rings (SSSR count). The summed E-state index contributed by atoms with van der Waals surface area (Å²) in [6.45, 7) is 0.240. The van der Waals surface area contributed by atoms with Crippen LogP contribution in [0.1, 0.15) is 12.0 Å². The number of carboxylic acid groups (broad SMARTS) is 1. The molecule has 1 aromatic heterocycles. The number of rotatable bonds is 7. The molecule has 0 spiro atoms. The maximum atomic E-state index is 11.8. The van der Waals surface area contributed by atoms with Crippen LogP contribution in [0.2, 0.25) is 5.02 Å². The van der Waals surface area contributed by atoms with Crippen LogP contribution >= 0.6 is 22.9 Å². The normalized spacial score (nSPS) is 10.7. The highest BCUT2D eigenvalue weighted by molar-refractivity contribution is 7.19. The molecule has 3 N–H and O–H groups in total. The van der Waals surface area contributed by atoms with Crippen molar-refractivity contribution in [1.82, 2.24) is 10.2 Å². The first-order valence-electron chi connectivity index (χ1n) is 6.57. The molecule has 1 aromatic carbocycles. The van der Waals surface area contributed by atoms with Gasteiger partial charge in [-0.3, -0.25) is 14.9 Å². The zero-order valence-electron chi connectivity index (χ0n) is 11.8. The molecule has 0 unspecified atom stereocenters. The number of benzene rings is 1. The molecule has 7 nitrogen and oxygen atoms in total. The van der Waals surface area contributed by atoms with Gasteiger partial charge in [0.25, 0.3) is 0 Å². The van der Waals surface area contributed by atoms with Crippen LogP contribution in [0, 0.1) is 0 Å². The summed E-state index contributed by atoms with van der Waals surface area (Å²) in [5, 5.41) is 22.8. The van der Waals surface area contributed by atoms with Gasteiger partial charge in [0.15, 0.2) is 0 Å². The molecule has 120 valence electrons. The predicted octanol–water partition coefficient (Wildman–Crippen LogP) is 2.73. The summed E-state index contributed by atoms with van der Waals surface area (Å²) in [5.41, 5.74) is 0.734. The third-order valence-electron chi connectivity index (χ3n) is 2.59. The van der Waals surface area contributed by atoms with Crippen molar-refractivity contribution < 1.29 is 14.7 Å². The molecule has 9 heteroatoms. The van der Waals surface area contributed by atoms with Crippen LogP contribution in [-0.2, 0) is 9.59 Å².